The summed E-state index contributed by atoms with van der Waals surface area (Å²) in [7, 11) is 0. The Morgan fingerprint density at radius 2 is 2.05 bits per heavy atom. The Bertz CT molecular complexity index is 477. The molecule has 0 bridgehead atoms. The smallest absolute Gasteiger partial charge is 0.412 e. The second-order valence-electron chi connectivity index (χ2n) is 6.22. The third-order valence-corrected chi connectivity index (χ3v) is 3.08. The van der Waals surface area contributed by atoms with Gasteiger partial charge in [-0.3, -0.25) is 10.2 Å². The zero-order valence-corrected chi connectivity index (χ0v) is 13.0. The van der Waals surface area contributed by atoms with Gasteiger partial charge < -0.3 is 9.47 Å². The second-order valence-corrected chi connectivity index (χ2v) is 6.22. The topological polar surface area (TPSA) is 50.8 Å². The van der Waals surface area contributed by atoms with Gasteiger partial charge in [-0.2, -0.15) is 0 Å². The van der Waals surface area contributed by atoms with Gasteiger partial charge in [-0.1, -0.05) is 12.1 Å². The van der Waals surface area contributed by atoms with Gasteiger partial charge in [-0.05, 0) is 38.5 Å². The van der Waals surface area contributed by atoms with Gasteiger partial charge in [0.05, 0.1) is 13.2 Å². The SMILES string of the molecule is CC(C)(C)OC(=O)Nc1cccc(CN2CCOCC2)c1. The number of rotatable bonds is 3. The van der Waals surface area contributed by atoms with Crippen molar-refractivity contribution in [1.82, 2.24) is 4.90 Å². The Morgan fingerprint density at radius 3 is 2.71 bits per heavy atom. The molecule has 1 fully saturated rings. The molecule has 1 aliphatic heterocycles. The van der Waals surface area contributed by atoms with Gasteiger partial charge in [0.25, 0.3) is 0 Å². The highest BCUT2D eigenvalue weighted by molar-refractivity contribution is 5.84. The summed E-state index contributed by atoms with van der Waals surface area (Å²) in [5.41, 5.74) is 1.44. The fourth-order valence-electron chi connectivity index (χ4n) is 2.19. The maximum atomic E-state index is 11.8. The molecule has 1 aromatic rings. The molecule has 1 saturated heterocycles. The minimum Gasteiger partial charge on any atom is -0.444 e. The lowest BCUT2D eigenvalue weighted by atomic mass is 10.2. The number of hydrogen-bond acceptors (Lipinski definition) is 4. The van der Waals surface area contributed by atoms with E-state index in [2.05, 4.69) is 16.3 Å². The van der Waals surface area contributed by atoms with Crippen molar-refractivity contribution in [3.8, 4) is 0 Å². The number of morpholine rings is 1. The number of anilines is 1. The van der Waals surface area contributed by atoms with Crippen molar-refractivity contribution in [2.45, 2.75) is 32.9 Å². The minimum atomic E-state index is -0.491. The minimum absolute atomic E-state index is 0.425. The van der Waals surface area contributed by atoms with Crippen LogP contribution in [0.15, 0.2) is 24.3 Å². The highest BCUT2D eigenvalue weighted by atomic mass is 16.6. The first-order valence-electron chi connectivity index (χ1n) is 7.31. The molecule has 1 heterocycles. The van der Waals surface area contributed by atoms with E-state index in [-0.39, 0.29) is 0 Å². The van der Waals surface area contributed by atoms with E-state index in [4.69, 9.17) is 9.47 Å². The molecule has 1 amide bonds. The molecular formula is C16H24N2O3. The van der Waals surface area contributed by atoms with Gasteiger partial charge in [-0.25, -0.2) is 4.79 Å². The van der Waals surface area contributed by atoms with Crippen LogP contribution in [0.3, 0.4) is 0 Å². The summed E-state index contributed by atoms with van der Waals surface area (Å²) in [6.07, 6.45) is -0.425. The van der Waals surface area contributed by atoms with Crippen LogP contribution in [-0.4, -0.2) is 42.9 Å². The summed E-state index contributed by atoms with van der Waals surface area (Å²) in [5.74, 6) is 0. The first-order chi connectivity index (χ1) is 9.92. The van der Waals surface area contributed by atoms with Crippen LogP contribution in [0.25, 0.3) is 0 Å². The highest BCUT2D eigenvalue weighted by Crippen LogP contribution is 2.15. The molecule has 1 aliphatic rings. The van der Waals surface area contributed by atoms with Crippen LogP contribution < -0.4 is 5.32 Å². The average molecular weight is 292 g/mol. The summed E-state index contributed by atoms with van der Waals surface area (Å²) < 4.78 is 10.6. The molecular weight excluding hydrogens is 268 g/mol. The van der Waals surface area contributed by atoms with E-state index >= 15 is 0 Å². The fraction of sp³-hybridized carbons (Fsp3) is 0.562. The molecule has 0 aromatic heterocycles. The van der Waals surface area contributed by atoms with Crippen molar-refractivity contribution in [3.63, 3.8) is 0 Å². The molecule has 0 saturated carbocycles. The number of carbonyl (C=O) groups is 1. The fourth-order valence-corrected chi connectivity index (χ4v) is 2.19. The maximum Gasteiger partial charge on any atom is 0.412 e. The molecule has 5 heteroatoms. The number of amides is 1. The van der Waals surface area contributed by atoms with E-state index in [1.165, 1.54) is 5.56 Å². The van der Waals surface area contributed by atoms with Crippen molar-refractivity contribution < 1.29 is 14.3 Å². The van der Waals surface area contributed by atoms with E-state index in [0.717, 1.165) is 38.5 Å². The number of benzene rings is 1. The zero-order valence-electron chi connectivity index (χ0n) is 13.0. The molecule has 0 spiro atoms. The Hall–Kier alpha value is -1.59. The maximum absolute atomic E-state index is 11.8. The van der Waals surface area contributed by atoms with Crippen molar-refractivity contribution in [2.75, 3.05) is 31.6 Å². The monoisotopic (exact) mass is 292 g/mol. The summed E-state index contributed by atoms with van der Waals surface area (Å²) in [6.45, 7) is 9.89. The Balaban J connectivity index is 1.92. The van der Waals surface area contributed by atoms with E-state index in [9.17, 15) is 4.79 Å². The largest absolute Gasteiger partial charge is 0.444 e. The van der Waals surface area contributed by atoms with Gasteiger partial charge >= 0.3 is 6.09 Å². The molecule has 21 heavy (non-hydrogen) atoms. The lowest BCUT2D eigenvalue weighted by Gasteiger charge is -2.26. The molecule has 0 aliphatic carbocycles. The zero-order chi connectivity index (χ0) is 15.3. The van der Waals surface area contributed by atoms with Gasteiger partial charge in [0, 0.05) is 25.3 Å². The molecule has 0 radical (unpaired) electrons. The Labute approximate surface area is 126 Å². The lowest BCUT2D eigenvalue weighted by molar-refractivity contribution is 0.0342. The number of nitrogens with one attached hydrogen (secondary N) is 1. The Morgan fingerprint density at radius 1 is 1.33 bits per heavy atom. The van der Waals surface area contributed by atoms with Crippen molar-refractivity contribution in [1.29, 1.82) is 0 Å². The highest BCUT2D eigenvalue weighted by Gasteiger charge is 2.16. The number of nitrogens with zero attached hydrogens (tertiary/aromatic N) is 1. The summed E-state index contributed by atoms with van der Waals surface area (Å²) in [6, 6.07) is 7.87. The molecule has 0 unspecified atom stereocenters. The Kier molecular flexibility index (Phi) is 5.20. The molecule has 116 valence electrons. The van der Waals surface area contributed by atoms with Crippen LogP contribution in [-0.2, 0) is 16.0 Å². The van der Waals surface area contributed by atoms with E-state index in [1.54, 1.807) is 0 Å². The van der Waals surface area contributed by atoms with Gasteiger partial charge in [0.2, 0.25) is 0 Å². The molecule has 0 atom stereocenters. The van der Waals surface area contributed by atoms with Crippen LogP contribution >= 0.6 is 0 Å². The summed E-state index contributed by atoms with van der Waals surface area (Å²) >= 11 is 0. The average Bonchev–Trinajstić information content (AvgIpc) is 2.38. The first kappa shape index (κ1) is 15.8. The molecule has 5 nitrogen and oxygen atoms in total. The van der Waals surface area contributed by atoms with Crippen LogP contribution in [0.5, 0.6) is 0 Å². The molecule has 1 N–H and O–H groups in total. The van der Waals surface area contributed by atoms with Gasteiger partial charge in [0.1, 0.15) is 5.60 Å². The van der Waals surface area contributed by atoms with Crippen LogP contribution in [0.2, 0.25) is 0 Å². The van der Waals surface area contributed by atoms with Crippen molar-refractivity contribution in [3.05, 3.63) is 29.8 Å². The van der Waals surface area contributed by atoms with Crippen molar-refractivity contribution in [2.24, 2.45) is 0 Å². The quantitative estimate of drug-likeness (QED) is 0.930. The third kappa shape index (κ3) is 5.73. The van der Waals surface area contributed by atoms with E-state index in [0.29, 0.717) is 0 Å². The molecule has 2 rings (SSSR count). The predicted octanol–water partition coefficient (Wildman–Crippen LogP) is 2.87. The first-order valence-corrected chi connectivity index (χ1v) is 7.31. The molecule has 1 aromatic carbocycles. The van der Waals surface area contributed by atoms with Crippen LogP contribution in [0, 0.1) is 0 Å². The van der Waals surface area contributed by atoms with E-state index in [1.807, 2.05) is 39.0 Å². The number of hydrogen-bond donors (Lipinski definition) is 1. The van der Waals surface area contributed by atoms with Crippen molar-refractivity contribution >= 4 is 11.8 Å². The summed E-state index contributed by atoms with van der Waals surface area (Å²) in [4.78, 5) is 14.1. The van der Waals surface area contributed by atoms with E-state index < -0.39 is 11.7 Å². The number of ether oxygens (including phenoxy) is 2. The summed E-state index contributed by atoms with van der Waals surface area (Å²) in [5, 5.41) is 2.77. The van der Waals surface area contributed by atoms with Gasteiger partial charge in [0.15, 0.2) is 0 Å². The second kappa shape index (κ2) is 6.91. The number of carbonyl (C=O) groups excluding carboxylic acids is 1. The van der Waals surface area contributed by atoms with Crippen LogP contribution in [0.1, 0.15) is 26.3 Å². The predicted molar refractivity (Wildman–Crippen MR) is 82.4 cm³/mol. The van der Waals surface area contributed by atoms with Gasteiger partial charge in [-0.15, -0.1) is 0 Å². The normalized spacial score (nSPS) is 16.5. The lowest BCUT2D eigenvalue weighted by Crippen LogP contribution is -2.35. The van der Waals surface area contributed by atoms with Crippen LogP contribution in [0.4, 0.5) is 10.5 Å². The standard InChI is InChI=1S/C16H24N2O3/c1-16(2,3)21-15(19)17-14-6-4-5-13(11-14)12-18-7-9-20-10-8-18/h4-6,11H,7-10,12H2,1-3H3,(H,17,19). The third-order valence-electron chi connectivity index (χ3n) is 3.08.